The summed E-state index contributed by atoms with van der Waals surface area (Å²) in [5.41, 5.74) is 0. The monoisotopic (exact) mass is 192 g/mol. The first kappa shape index (κ1) is 14.4. The molecule has 0 aliphatic rings. The van der Waals surface area contributed by atoms with Crippen molar-refractivity contribution in [2.45, 2.75) is 26.7 Å². The molecule has 0 aromatic carbocycles. The Hall–Kier alpha value is -1.10. The van der Waals surface area contributed by atoms with Gasteiger partial charge < -0.3 is 14.9 Å². The summed E-state index contributed by atoms with van der Waals surface area (Å²) in [4.78, 5) is 19.5. The molecule has 0 bridgehead atoms. The highest BCUT2D eigenvalue weighted by Crippen LogP contribution is 1.82. The van der Waals surface area contributed by atoms with Crippen LogP contribution >= 0.6 is 0 Å². The summed E-state index contributed by atoms with van der Waals surface area (Å²) < 4.78 is 4.30. The SMILES string of the molecule is CC(=O)OCCO.CCCC(=O)O. The zero-order chi connectivity index (χ0) is 10.7. The molecule has 0 heterocycles. The maximum Gasteiger partial charge on any atom is 0.303 e. The molecule has 0 aromatic heterocycles. The number of aliphatic carboxylic acids is 1. The molecule has 13 heavy (non-hydrogen) atoms. The van der Waals surface area contributed by atoms with Crippen LogP contribution in [0, 0.1) is 0 Å². The topological polar surface area (TPSA) is 83.8 Å². The van der Waals surface area contributed by atoms with Crippen molar-refractivity contribution in [3.8, 4) is 0 Å². The van der Waals surface area contributed by atoms with E-state index in [1.807, 2.05) is 6.92 Å². The van der Waals surface area contributed by atoms with Gasteiger partial charge in [-0.25, -0.2) is 0 Å². The number of carbonyl (C=O) groups excluding carboxylic acids is 1. The van der Waals surface area contributed by atoms with E-state index in [2.05, 4.69) is 4.74 Å². The van der Waals surface area contributed by atoms with Crippen LogP contribution in [-0.4, -0.2) is 35.4 Å². The lowest BCUT2D eigenvalue weighted by Crippen LogP contribution is -2.03. The molecule has 0 fully saturated rings. The van der Waals surface area contributed by atoms with Gasteiger partial charge >= 0.3 is 11.9 Å². The Bertz CT molecular complexity index is 143. The van der Waals surface area contributed by atoms with Crippen LogP contribution in [0.5, 0.6) is 0 Å². The van der Waals surface area contributed by atoms with Crippen molar-refractivity contribution >= 4 is 11.9 Å². The molecule has 78 valence electrons. The number of ether oxygens (including phenoxy) is 1. The molecular weight excluding hydrogens is 176 g/mol. The van der Waals surface area contributed by atoms with Crippen molar-refractivity contribution in [3.63, 3.8) is 0 Å². The third kappa shape index (κ3) is 24.8. The maximum atomic E-state index is 9.87. The molecule has 0 atom stereocenters. The van der Waals surface area contributed by atoms with Crippen molar-refractivity contribution in [1.82, 2.24) is 0 Å². The standard InChI is InChI=1S/C4H8O3.C4H8O2/c1-4(6)7-3-2-5;1-2-3-4(5)6/h5H,2-3H2,1H3;2-3H2,1H3,(H,5,6). The second-order valence-electron chi connectivity index (χ2n) is 2.21. The van der Waals surface area contributed by atoms with Crippen molar-refractivity contribution in [3.05, 3.63) is 0 Å². The van der Waals surface area contributed by atoms with E-state index in [1.54, 1.807) is 0 Å². The lowest BCUT2D eigenvalue weighted by Gasteiger charge is -1.93. The number of hydrogen-bond acceptors (Lipinski definition) is 4. The maximum absolute atomic E-state index is 9.87. The van der Waals surface area contributed by atoms with Crippen molar-refractivity contribution in [2.75, 3.05) is 13.2 Å². The molecule has 0 spiro atoms. The van der Waals surface area contributed by atoms with Gasteiger partial charge in [-0.3, -0.25) is 9.59 Å². The summed E-state index contributed by atoms with van der Waals surface area (Å²) >= 11 is 0. The average molecular weight is 192 g/mol. The van der Waals surface area contributed by atoms with E-state index >= 15 is 0 Å². The minimum atomic E-state index is -0.711. The summed E-state index contributed by atoms with van der Waals surface area (Å²) in [6.07, 6.45) is 1.02. The lowest BCUT2D eigenvalue weighted by molar-refractivity contribution is -0.142. The van der Waals surface area contributed by atoms with Crippen LogP contribution in [0.25, 0.3) is 0 Å². The minimum absolute atomic E-state index is 0.0976. The number of carboxylic acids is 1. The normalized spacial score (nSPS) is 8.23. The van der Waals surface area contributed by atoms with E-state index in [-0.39, 0.29) is 19.2 Å². The number of hydrogen-bond donors (Lipinski definition) is 2. The number of esters is 1. The van der Waals surface area contributed by atoms with E-state index in [4.69, 9.17) is 10.2 Å². The number of aliphatic hydroxyl groups excluding tert-OH is 1. The third-order valence-electron chi connectivity index (χ3n) is 0.860. The second-order valence-corrected chi connectivity index (χ2v) is 2.21. The predicted octanol–water partition coefficient (Wildman–Crippen LogP) is 0.413. The molecule has 0 aromatic rings. The number of aliphatic hydroxyl groups is 1. The minimum Gasteiger partial charge on any atom is -0.481 e. The lowest BCUT2D eigenvalue weighted by atomic mass is 10.4. The van der Waals surface area contributed by atoms with E-state index in [9.17, 15) is 9.59 Å². The van der Waals surface area contributed by atoms with Gasteiger partial charge in [0.15, 0.2) is 0 Å². The molecule has 0 aliphatic carbocycles. The van der Waals surface area contributed by atoms with Crippen LogP contribution in [0.3, 0.4) is 0 Å². The number of carboxylic acid groups (broad SMARTS) is 1. The molecule has 0 aliphatic heterocycles. The van der Waals surface area contributed by atoms with E-state index < -0.39 is 5.97 Å². The zero-order valence-electron chi connectivity index (χ0n) is 7.95. The Morgan fingerprint density at radius 3 is 2.00 bits per heavy atom. The highest BCUT2D eigenvalue weighted by atomic mass is 16.5. The Labute approximate surface area is 77.3 Å². The molecule has 2 N–H and O–H groups in total. The highest BCUT2D eigenvalue weighted by molar-refractivity contribution is 5.66. The van der Waals surface area contributed by atoms with Gasteiger partial charge in [0.1, 0.15) is 6.61 Å². The van der Waals surface area contributed by atoms with Crippen molar-refractivity contribution < 1.29 is 24.5 Å². The number of carbonyl (C=O) groups is 2. The molecule has 0 saturated carbocycles. The van der Waals surface area contributed by atoms with Gasteiger partial charge in [-0.15, -0.1) is 0 Å². The third-order valence-corrected chi connectivity index (χ3v) is 0.860. The van der Waals surface area contributed by atoms with Crippen molar-refractivity contribution in [2.24, 2.45) is 0 Å². The quantitative estimate of drug-likeness (QED) is 0.630. The van der Waals surface area contributed by atoms with E-state index in [0.717, 1.165) is 6.42 Å². The van der Waals surface area contributed by atoms with Crippen LogP contribution in [0.2, 0.25) is 0 Å². The molecule has 0 rings (SSSR count). The van der Waals surface area contributed by atoms with Gasteiger partial charge in [-0.05, 0) is 6.42 Å². The fourth-order valence-electron chi connectivity index (χ4n) is 0.403. The summed E-state index contributed by atoms with van der Waals surface area (Å²) in [5.74, 6) is -1.06. The molecule has 0 amide bonds. The summed E-state index contributed by atoms with van der Waals surface area (Å²) in [6, 6.07) is 0. The largest absolute Gasteiger partial charge is 0.481 e. The molecule has 0 saturated heterocycles. The second kappa shape index (κ2) is 10.9. The van der Waals surface area contributed by atoms with Gasteiger partial charge in [0.05, 0.1) is 6.61 Å². The van der Waals surface area contributed by atoms with Crippen LogP contribution in [-0.2, 0) is 14.3 Å². The van der Waals surface area contributed by atoms with Gasteiger partial charge in [-0.2, -0.15) is 0 Å². The van der Waals surface area contributed by atoms with Crippen LogP contribution in [0.1, 0.15) is 26.7 Å². The molecule has 0 unspecified atom stereocenters. The predicted molar refractivity (Wildman–Crippen MR) is 46.3 cm³/mol. The Morgan fingerprint density at radius 2 is 1.92 bits per heavy atom. The number of rotatable bonds is 4. The zero-order valence-corrected chi connectivity index (χ0v) is 7.95. The first-order valence-corrected chi connectivity index (χ1v) is 4.00. The van der Waals surface area contributed by atoms with E-state index in [1.165, 1.54) is 6.92 Å². The highest BCUT2D eigenvalue weighted by Gasteiger charge is 1.87. The van der Waals surface area contributed by atoms with Gasteiger partial charge in [0.2, 0.25) is 0 Å². The van der Waals surface area contributed by atoms with E-state index in [0.29, 0.717) is 6.42 Å². The Kier molecular flexibility index (Phi) is 12.1. The smallest absolute Gasteiger partial charge is 0.303 e. The summed E-state index contributed by atoms with van der Waals surface area (Å²) in [6.45, 7) is 3.15. The first-order chi connectivity index (χ1) is 6.04. The van der Waals surface area contributed by atoms with Gasteiger partial charge in [-0.1, -0.05) is 6.92 Å². The summed E-state index contributed by atoms with van der Waals surface area (Å²) in [5, 5.41) is 16.0. The Balaban J connectivity index is 0. The van der Waals surface area contributed by atoms with Crippen molar-refractivity contribution in [1.29, 1.82) is 0 Å². The van der Waals surface area contributed by atoms with Crippen LogP contribution in [0.4, 0.5) is 0 Å². The summed E-state index contributed by atoms with van der Waals surface area (Å²) in [7, 11) is 0. The molecule has 5 nitrogen and oxygen atoms in total. The fraction of sp³-hybridized carbons (Fsp3) is 0.750. The molecular formula is C8H16O5. The Morgan fingerprint density at radius 1 is 1.38 bits per heavy atom. The molecule has 5 heteroatoms. The fourth-order valence-corrected chi connectivity index (χ4v) is 0.403. The van der Waals surface area contributed by atoms with Gasteiger partial charge in [0, 0.05) is 13.3 Å². The van der Waals surface area contributed by atoms with Crippen LogP contribution in [0.15, 0.2) is 0 Å². The molecule has 0 radical (unpaired) electrons. The van der Waals surface area contributed by atoms with Crippen LogP contribution < -0.4 is 0 Å². The first-order valence-electron chi connectivity index (χ1n) is 4.00. The average Bonchev–Trinajstić information content (AvgIpc) is 2.01. The van der Waals surface area contributed by atoms with Gasteiger partial charge in [0.25, 0.3) is 0 Å².